The van der Waals surface area contributed by atoms with Crippen LogP contribution in [0.5, 0.6) is 0 Å². The molecular weight excluding hydrogens is 248 g/mol. The third kappa shape index (κ3) is 1.36. The van der Waals surface area contributed by atoms with Gasteiger partial charge in [-0.2, -0.15) is 0 Å². The summed E-state index contributed by atoms with van der Waals surface area (Å²) in [6.45, 7) is 0. The van der Waals surface area contributed by atoms with Crippen molar-refractivity contribution in [3.63, 3.8) is 0 Å². The van der Waals surface area contributed by atoms with Gasteiger partial charge in [-0.15, -0.1) is 0 Å². The molecule has 0 fully saturated rings. The lowest BCUT2D eigenvalue weighted by molar-refractivity contribution is -0.163. The first-order valence-electron chi connectivity index (χ1n) is 7.27. The predicted molar refractivity (Wildman–Crippen MR) is 77.3 cm³/mol. The van der Waals surface area contributed by atoms with Crippen LogP contribution in [0.15, 0.2) is 48.5 Å². The van der Waals surface area contributed by atoms with E-state index >= 15 is 0 Å². The van der Waals surface area contributed by atoms with E-state index in [0.29, 0.717) is 12.8 Å². The van der Waals surface area contributed by atoms with Gasteiger partial charge in [0.05, 0.1) is 0 Å². The molecule has 0 aliphatic heterocycles. The number of aryl methyl sites for hydroxylation is 2. The van der Waals surface area contributed by atoms with Crippen LogP contribution < -0.4 is 0 Å². The summed E-state index contributed by atoms with van der Waals surface area (Å²) >= 11 is 0. The Morgan fingerprint density at radius 2 is 1.05 bits per heavy atom. The molecule has 0 spiro atoms. The van der Waals surface area contributed by atoms with Crippen LogP contribution in [0.4, 0.5) is 0 Å². The van der Waals surface area contributed by atoms with Crippen LogP contribution in [0.25, 0.3) is 0 Å². The smallest absolute Gasteiger partial charge is 0.123 e. The number of benzene rings is 2. The standard InChI is InChI=1S/C18H18O2/c19-17(11-9-13-5-1-3-7-15(13)17)18(20)12-10-14-6-2-4-8-16(14)18/h1-8,19-20H,9-12H2/t17-,18-/m0/s1. The van der Waals surface area contributed by atoms with Crippen molar-refractivity contribution in [1.82, 2.24) is 0 Å². The van der Waals surface area contributed by atoms with Crippen molar-refractivity contribution < 1.29 is 10.2 Å². The molecule has 0 saturated heterocycles. The van der Waals surface area contributed by atoms with E-state index in [9.17, 15) is 10.2 Å². The Morgan fingerprint density at radius 3 is 1.50 bits per heavy atom. The van der Waals surface area contributed by atoms with E-state index in [-0.39, 0.29) is 0 Å². The van der Waals surface area contributed by atoms with Crippen molar-refractivity contribution in [2.45, 2.75) is 36.9 Å². The van der Waals surface area contributed by atoms with Crippen LogP contribution in [0.3, 0.4) is 0 Å². The van der Waals surface area contributed by atoms with Crippen molar-refractivity contribution in [3.05, 3.63) is 70.8 Å². The van der Waals surface area contributed by atoms with Crippen LogP contribution in [0.2, 0.25) is 0 Å². The van der Waals surface area contributed by atoms with Gasteiger partial charge in [-0.05, 0) is 47.9 Å². The Bertz CT molecular complexity index is 619. The highest BCUT2D eigenvalue weighted by Crippen LogP contribution is 2.54. The highest BCUT2D eigenvalue weighted by atomic mass is 16.4. The van der Waals surface area contributed by atoms with E-state index in [1.807, 2.05) is 36.4 Å². The van der Waals surface area contributed by atoms with Gasteiger partial charge in [0.25, 0.3) is 0 Å². The fraction of sp³-hybridized carbons (Fsp3) is 0.333. The van der Waals surface area contributed by atoms with Crippen LogP contribution in [0, 0.1) is 0 Å². The van der Waals surface area contributed by atoms with Gasteiger partial charge in [-0.1, -0.05) is 48.5 Å². The Hall–Kier alpha value is -1.64. The molecule has 2 aromatic carbocycles. The molecule has 0 radical (unpaired) electrons. The summed E-state index contributed by atoms with van der Waals surface area (Å²) in [7, 11) is 0. The maximum atomic E-state index is 11.3. The molecule has 2 aromatic rings. The number of hydrogen-bond donors (Lipinski definition) is 2. The molecule has 4 rings (SSSR count). The lowest BCUT2D eigenvalue weighted by Gasteiger charge is -2.40. The van der Waals surface area contributed by atoms with Gasteiger partial charge < -0.3 is 10.2 Å². The number of hydrogen-bond acceptors (Lipinski definition) is 2. The molecule has 0 heterocycles. The number of rotatable bonds is 1. The third-order valence-corrected chi connectivity index (χ3v) is 5.12. The fourth-order valence-corrected chi connectivity index (χ4v) is 4.04. The normalized spacial score (nSPS) is 31.1. The van der Waals surface area contributed by atoms with E-state index in [4.69, 9.17) is 0 Å². The molecular formula is C18H18O2. The van der Waals surface area contributed by atoms with E-state index in [2.05, 4.69) is 12.1 Å². The largest absolute Gasteiger partial charge is 0.382 e. The maximum Gasteiger partial charge on any atom is 0.123 e. The topological polar surface area (TPSA) is 40.5 Å². The van der Waals surface area contributed by atoms with Crippen molar-refractivity contribution >= 4 is 0 Å². The average Bonchev–Trinajstić information content (AvgIpc) is 3.02. The summed E-state index contributed by atoms with van der Waals surface area (Å²) in [6, 6.07) is 15.9. The molecule has 0 saturated carbocycles. The first-order valence-corrected chi connectivity index (χ1v) is 7.27. The predicted octanol–water partition coefficient (Wildman–Crippen LogP) is 2.65. The second kappa shape index (κ2) is 3.94. The Kier molecular flexibility index (Phi) is 2.39. The molecule has 0 bridgehead atoms. The minimum Gasteiger partial charge on any atom is -0.382 e. The summed E-state index contributed by atoms with van der Waals surface area (Å²) in [5, 5.41) is 22.6. The van der Waals surface area contributed by atoms with Gasteiger partial charge in [0, 0.05) is 0 Å². The quantitative estimate of drug-likeness (QED) is 0.833. The second-order valence-corrected chi connectivity index (χ2v) is 6.03. The number of aliphatic hydroxyl groups is 2. The molecule has 2 nitrogen and oxygen atoms in total. The first kappa shape index (κ1) is 12.1. The number of fused-ring (bicyclic) bond motifs is 2. The Labute approximate surface area is 118 Å². The highest BCUT2D eigenvalue weighted by Gasteiger charge is 2.56. The van der Waals surface area contributed by atoms with Crippen molar-refractivity contribution in [2.24, 2.45) is 0 Å². The Balaban J connectivity index is 1.90. The van der Waals surface area contributed by atoms with Crippen LogP contribution >= 0.6 is 0 Å². The minimum atomic E-state index is -1.16. The zero-order chi connectivity index (χ0) is 13.8. The molecule has 20 heavy (non-hydrogen) atoms. The molecule has 102 valence electrons. The van der Waals surface area contributed by atoms with Gasteiger partial charge in [0.15, 0.2) is 0 Å². The van der Waals surface area contributed by atoms with Gasteiger partial charge >= 0.3 is 0 Å². The van der Waals surface area contributed by atoms with Crippen molar-refractivity contribution in [3.8, 4) is 0 Å². The van der Waals surface area contributed by atoms with Gasteiger partial charge in [0.2, 0.25) is 0 Å². The van der Waals surface area contributed by atoms with Crippen LogP contribution in [-0.2, 0) is 24.0 Å². The van der Waals surface area contributed by atoms with Crippen LogP contribution in [0.1, 0.15) is 35.1 Å². The fourth-order valence-electron chi connectivity index (χ4n) is 4.04. The summed E-state index contributed by atoms with van der Waals surface area (Å²) < 4.78 is 0. The van der Waals surface area contributed by atoms with Gasteiger partial charge in [-0.25, -0.2) is 0 Å². The molecule has 2 aliphatic carbocycles. The molecule has 2 heteroatoms. The van der Waals surface area contributed by atoms with Crippen molar-refractivity contribution in [1.29, 1.82) is 0 Å². The van der Waals surface area contributed by atoms with Gasteiger partial charge in [0.1, 0.15) is 11.2 Å². The van der Waals surface area contributed by atoms with E-state index in [0.717, 1.165) is 35.1 Å². The van der Waals surface area contributed by atoms with E-state index in [1.54, 1.807) is 0 Å². The molecule has 0 unspecified atom stereocenters. The van der Waals surface area contributed by atoms with Gasteiger partial charge in [-0.3, -0.25) is 0 Å². The lowest BCUT2D eigenvalue weighted by Crippen LogP contribution is -2.46. The zero-order valence-corrected chi connectivity index (χ0v) is 11.3. The molecule has 0 amide bonds. The maximum absolute atomic E-state index is 11.3. The van der Waals surface area contributed by atoms with Crippen LogP contribution in [-0.4, -0.2) is 10.2 Å². The average molecular weight is 266 g/mol. The monoisotopic (exact) mass is 266 g/mol. The molecule has 2 atom stereocenters. The minimum absolute atomic E-state index is 0.594. The third-order valence-electron chi connectivity index (χ3n) is 5.12. The van der Waals surface area contributed by atoms with E-state index in [1.165, 1.54) is 0 Å². The Morgan fingerprint density at radius 1 is 0.650 bits per heavy atom. The van der Waals surface area contributed by atoms with Crippen molar-refractivity contribution in [2.75, 3.05) is 0 Å². The molecule has 0 aromatic heterocycles. The molecule has 2 N–H and O–H groups in total. The lowest BCUT2D eigenvalue weighted by atomic mass is 9.75. The van der Waals surface area contributed by atoms with E-state index < -0.39 is 11.2 Å². The first-order chi connectivity index (χ1) is 9.65. The summed E-state index contributed by atoms with van der Waals surface area (Å²) in [5.41, 5.74) is 1.81. The SMILES string of the molecule is O[C@@]1([C@]2(O)CCc3ccccc32)CCc2ccccc21. The summed E-state index contributed by atoms with van der Waals surface area (Å²) in [6.07, 6.45) is 2.85. The second-order valence-electron chi connectivity index (χ2n) is 6.03. The molecule has 2 aliphatic rings. The summed E-state index contributed by atoms with van der Waals surface area (Å²) in [4.78, 5) is 0. The summed E-state index contributed by atoms with van der Waals surface area (Å²) in [5.74, 6) is 0. The highest BCUT2D eigenvalue weighted by molar-refractivity contribution is 5.47. The zero-order valence-electron chi connectivity index (χ0n) is 11.3.